The summed E-state index contributed by atoms with van der Waals surface area (Å²) < 4.78 is 5.06. The number of likely N-dealkylation sites (tertiary alicyclic amines) is 1. The summed E-state index contributed by atoms with van der Waals surface area (Å²) >= 11 is 0. The van der Waals surface area contributed by atoms with Gasteiger partial charge in [0.05, 0.1) is 19.1 Å². The zero-order valence-electron chi connectivity index (χ0n) is 9.49. The molecule has 86 valence electrons. The van der Waals surface area contributed by atoms with Crippen molar-refractivity contribution in [3.05, 3.63) is 0 Å². The molecule has 1 saturated heterocycles. The number of carbonyl (C=O) groups excluding carboxylic acids is 2. The van der Waals surface area contributed by atoms with E-state index in [0.29, 0.717) is 13.0 Å². The lowest BCUT2D eigenvalue weighted by atomic mass is 10.2. The molecule has 1 heterocycles. The lowest BCUT2D eigenvalue weighted by molar-refractivity contribution is -0.136. The van der Waals surface area contributed by atoms with Crippen molar-refractivity contribution in [3.63, 3.8) is 0 Å². The van der Waals surface area contributed by atoms with Crippen molar-refractivity contribution in [3.8, 4) is 0 Å². The highest BCUT2D eigenvalue weighted by atomic mass is 16.5. The first-order chi connectivity index (χ1) is 7.19. The molecule has 0 bridgehead atoms. The number of nitrogens with zero attached hydrogens (tertiary/aromatic N) is 1. The molecule has 0 aliphatic carbocycles. The summed E-state index contributed by atoms with van der Waals surface area (Å²) in [6.07, 6.45) is 2.49. The van der Waals surface area contributed by atoms with Crippen LogP contribution in [0.5, 0.6) is 0 Å². The molecule has 15 heavy (non-hydrogen) atoms. The molecule has 1 amide bonds. The van der Waals surface area contributed by atoms with Crippen LogP contribution in [0.15, 0.2) is 0 Å². The fourth-order valence-corrected chi connectivity index (χ4v) is 1.92. The molecule has 0 spiro atoms. The quantitative estimate of drug-likeness (QED) is 0.640. The number of rotatable bonds is 5. The first-order valence-electron chi connectivity index (χ1n) is 5.49. The molecule has 1 rings (SSSR count). The fourth-order valence-electron chi connectivity index (χ4n) is 1.92. The van der Waals surface area contributed by atoms with Crippen molar-refractivity contribution in [1.82, 2.24) is 4.90 Å². The van der Waals surface area contributed by atoms with E-state index in [-0.39, 0.29) is 24.2 Å². The van der Waals surface area contributed by atoms with Crippen molar-refractivity contribution in [2.75, 3.05) is 20.3 Å². The molecule has 0 N–H and O–H groups in total. The fraction of sp³-hybridized carbons (Fsp3) is 0.818. The van der Waals surface area contributed by atoms with Crippen LogP contribution in [0, 0.1) is 0 Å². The predicted molar refractivity (Wildman–Crippen MR) is 56.5 cm³/mol. The van der Waals surface area contributed by atoms with Crippen LogP contribution in [0.3, 0.4) is 0 Å². The molecule has 4 nitrogen and oxygen atoms in total. The average molecular weight is 213 g/mol. The van der Waals surface area contributed by atoms with Gasteiger partial charge >= 0.3 is 0 Å². The number of ketones is 1. The minimum absolute atomic E-state index is 0.0167. The van der Waals surface area contributed by atoms with Gasteiger partial charge in [0, 0.05) is 20.1 Å². The summed E-state index contributed by atoms with van der Waals surface area (Å²) in [5.74, 6) is -0.0236. The second-order valence-corrected chi connectivity index (χ2v) is 3.91. The number of methoxy groups -OCH3 is 1. The molecule has 0 aromatic rings. The van der Waals surface area contributed by atoms with Gasteiger partial charge in [-0.15, -0.1) is 0 Å². The van der Waals surface area contributed by atoms with Gasteiger partial charge in [-0.3, -0.25) is 9.59 Å². The van der Waals surface area contributed by atoms with Crippen LogP contribution in [0.1, 0.15) is 32.6 Å². The SMILES string of the molecule is CCC(=O)CC(=O)N1CCCC1COC. The van der Waals surface area contributed by atoms with Crippen molar-refractivity contribution in [2.24, 2.45) is 0 Å². The van der Waals surface area contributed by atoms with E-state index in [2.05, 4.69) is 0 Å². The monoisotopic (exact) mass is 213 g/mol. The zero-order valence-corrected chi connectivity index (χ0v) is 9.49. The van der Waals surface area contributed by atoms with Crippen molar-refractivity contribution < 1.29 is 14.3 Å². The van der Waals surface area contributed by atoms with Crippen LogP contribution < -0.4 is 0 Å². The predicted octanol–water partition coefficient (Wildman–Crippen LogP) is 0.993. The lowest BCUT2D eigenvalue weighted by Crippen LogP contribution is -2.38. The Morgan fingerprint density at radius 2 is 2.20 bits per heavy atom. The Labute approximate surface area is 90.6 Å². The van der Waals surface area contributed by atoms with E-state index >= 15 is 0 Å². The van der Waals surface area contributed by atoms with Crippen molar-refractivity contribution >= 4 is 11.7 Å². The molecular formula is C11H19NO3. The Hall–Kier alpha value is -0.900. The Morgan fingerprint density at radius 3 is 2.80 bits per heavy atom. The topological polar surface area (TPSA) is 46.6 Å². The molecule has 4 heteroatoms. The maximum Gasteiger partial charge on any atom is 0.230 e. The zero-order chi connectivity index (χ0) is 11.3. The van der Waals surface area contributed by atoms with Crippen molar-refractivity contribution in [2.45, 2.75) is 38.6 Å². The Morgan fingerprint density at radius 1 is 1.47 bits per heavy atom. The van der Waals surface area contributed by atoms with Crippen LogP contribution in [-0.2, 0) is 14.3 Å². The standard InChI is InChI=1S/C11H19NO3/c1-3-10(13)7-11(14)12-6-4-5-9(12)8-15-2/h9H,3-8H2,1-2H3. The summed E-state index contributed by atoms with van der Waals surface area (Å²) in [6, 6.07) is 0.173. The smallest absolute Gasteiger partial charge is 0.230 e. The maximum atomic E-state index is 11.7. The van der Waals surface area contributed by atoms with E-state index in [4.69, 9.17) is 4.74 Å². The van der Waals surface area contributed by atoms with Crippen LogP contribution in [0.2, 0.25) is 0 Å². The first-order valence-corrected chi connectivity index (χ1v) is 5.49. The minimum Gasteiger partial charge on any atom is -0.383 e. The maximum absolute atomic E-state index is 11.7. The van der Waals surface area contributed by atoms with Crippen LogP contribution >= 0.6 is 0 Å². The van der Waals surface area contributed by atoms with Gasteiger partial charge in [0.1, 0.15) is 5.78 Å². The molecular weight excluding hydrogens is 194 g/mol. The summed E-state index contributed by atoms with van der Waals surface area (Å²) in [5, 5.41) is 0. The van der Waals surface area contributed by atoms with Gasteiger partial charge in [-0.1, -0.05) is 6.92 Å². The average Bonchev–Trinajstić information content (AvgIpc) is 2.66. The Kier molecular flexibility index (Phi) is 4.75. The largest absolute Gasteiger partial charge is 0.383 e. The van der Waals surface area contributed by atoms with Gasteiger partial charge in [-0.05, 0) is 12.8 Å². The minimum atomic E-state index is -0.0404. The highest BCUT2D eigenvalue weighted by Crippen LogP contribution is 2.18. The van der Waals surface area contributed by atoms with Gasteiger partial charge in [-0.25, -0.2) is 0 Å². The Bertz CT molecular complexity index is 240. The second-order valence-electron chi connectivity index (χ2n) is 3.91. The number of Topliss-reactive ketones (excluding diaryl/α,β-unsaturated/α-hetero) is 1. The molecule has 0 radical (unpaired) electrons. The van der Waals surface area contributed by atoms with E-state index in [9.17, 15) is 9.59 Å². The molecule has 0 aromatic carbocycles. The normalized spacial score (nSPS) is 20.7. The number of carbonyl (C=O) groups is 2. The van der Waals surface area contributed by atoms with E-state index < -0.39 is 0 Å². The summed E-state index contributed by atoms with van der Waals surface area (Å²) in [6.45, 7) is 3.13. The molecule has 1 unspecified atom stereocenters. The molecule has 0 aromatic heterocycles. The molecule has 1 aliphatic heterocycles. The van der Waals surface area contributed by atoms with Crippen LogP contribution in [0.4, 0.5) is 0 Å². The number of hydrogen-bond acceptors (Lipinski definition) is 3. The van der Waals surface area contributed by atoms with Gasteiger partial charge in [0.25, 0.3) is 0 Å². The van der Waals surface area contributed by atoms with E-state index in [0.717, 1.165) is 19.4 Å². The van der Waals surface area contributed by atoms with Gasteiger partial charge in [0.2, 0.25) is 5.91 Å². The third kappa shape index (κ3) is 3.30. The van der Waals surface area contributed by atoms with E-state index in [1.165, 1.54) is 0 Å². The number of amides is 1. The number of ether oxygens (including phenoxy) is 1. The van der Waals surface area contributed by atoms with Gasteiger partial charge in [0.15, 0.2) is 0 Å². The lowest BCUT2D eigenvalue weighted by Gasteiger charge is -2.23. The van der Waals surface area contributed by atoms with Crippen LogP contribution in [-0.4, -0.2) is 42.9 Å². The molecule has 1 fully saturated rings. The highest BCUT2D eigenvalue weighted by Gasteiger charge is 2.28. The summed E-state index contributed by atoms with van der Waals surface area (Å²) in [4.78, 5) is 24.7. The first kappa shape index (κ1) is 12.2. The van der Waals surface area contributed by atoms with Gasteiger partial charge in [-0.2, -0.15) is 0 Å². The Balaban J connectivity index is 2.47. The van der Waals surface area contributed by atoms with E-state index in [1.54, 1.807) is 18.9 Å². The second kappa shape index (κ2) is 5.85. The third-order valence-corrected chi connectivity index (χ3v) is 2.80. The molecule has 0 saturated carbocycles. The van der Waals surface area contributed by atoms with E-state index in [1.807, 2.05) is 0 Å². The summed E-state index contributed by atoms with van der Waals surface area (Å²) in [5.41, 5.74) is 0. The van der Waals surface area contributed by atoms with Gasteiger partial charge < -0.3 is 9.64 Å². The highest BCUT2D eigenvalue weighted by molar-refractivity contribution is 5.98. The van der Waals surface area contributed by atoms with Crippen LogP contribution in [0.25, 0.3) is 0 Å². The third-order valence-electron chi connectivity index (χ3n) is 2.80. The molecule has 1 aliphatic rings. The van der Waals surface area contributed by atoms with Crippen molar-refractivity contribution in [1.29, 1.82) is 0 Å². The molecule has 1 atom stereocenters. The summed E-state index contributed by atoms with van der Waals surface area (Å²) in [7, 11) is 1.64. The number of hydrogen-bond donors (Lipinski definition) is 0.